The summed E-state index contributed by atoms with van der Waals surface area (Å²) < 4.78 is 39.7. The number of aromatic nitrogens is 4. The summed E-state index contributed by atoms with van der Waals surface area (Å²) in [6.45, 7) is 13.4. The van der Waals surface area contributed by atoms with E-state index in [0.717, 1.165) is 73.5 Å². The molecule has 3 unspecified atom stereocenters. The van der Waals surface area contributed by atoms with Gasteiger partial charge in [0.2, 0.25) is 5.91 Å². The largest absolute Gasteiger partial charge is 0.453 e. The predicted octanol–water partition coefficient (Wildman–Crippen LogP) is 10.1. The van der Waals surface area contributed by atoms with Crippen LogP contribution < -0.4 is 11.2 Å². The minimum Gasteiger partial charge on any atom is -0.453 e. The van der Waals surface area contributed by atoms with Crippen LogP contribution in [-0.4, -0.2) is 91.7 Å². The molecule has 1 aliphatic carbocycles. The first-order valence-electron chi connectivity index (χ1n) is 23.7. The lowest BCUT2D eigenvalue weighted by Gasteiger charge is -2.37. The average molecular weight is 910 g/mol. The van der Waals surface area contributed by atoms with Gasteiger partial charge in [0.15, 0.2) is 0 Å². The van der Waals surface area contributed by atoms with Gasteiger partial charge in [0.1, 0.15) is 17.7 Å². The van der Waals surface area contributed by atoms with Gasteiger partial charge >= 0.3 is 6.09 Å². The Hall–Kier alpha value is -6.38. The number of likely N-dealkylation sites (tertiary alicyclic amines) is 2. The molecule has 14 heteroatoms. The zero-order valence-corrected chi connectivity index (χ0v) is 39.2. The number of methoxy groups -OCH3 is 1. The third-order valence-electron chi connectivity index (χ3n) is 14.5. The predicted molar refractivity (Wildman–Crippen MR) is 257 cm³/mol. The van der Waals surface area contributed by atoms with E-state index in [2.05, 4.69) is 54.7 Å². The molecule has 2 fully saturated rings. The first kappa shape index (κ1) is 45.8. The summed E-state index contributed by atoms with van der Waals surface area (Å²) in [5, 5.41) is 3.00. The average Bonchev–Trinajstić information content (AvgIpc) is 4.21. The number of carbonyl (C=O) groups is 2. The molecule has 9 rings (SSSR count). The van der Waals surface area contributed by atoms with Crippen LogP contribution in [0.4, 0.5) is 13.6 Å². The molecule has 6 aromatic rings. The van der Waals surface area contributed by atoms with Gasteiger partial charge in [-0.1, -0.05) is 107 Å². The number of nitrogens with one attached hydrogen (secondary N) is 2. The summed E-state index contributed by atoms with van der Waals surface area (Å²) in [5.74, 6) is 5.16. The van der Waals surface area contributed by atoms with Gasteiger partial charge < -0.3 is 25.8 Å². The number of benzene rings is 4. The Morgan fingerprint density at radius 3 is 2.13 bits per heavy atom. The number of carbonyl (C=O) groups excluding carboxylic acids is 2. The Bertz CT molecular complexity index is 2730. The molecule has 2 aromatic heterocycles. The second-order valence-corrected chi connectivity index (χ2v) is 18.5. The van der Waals surface area contributed by atoms with Crippen molar-refractivity contribution in [3.63, 3.8) is 0 Å². The number of H-pyrrole nitrogens is 1. The smallest absolute Gasteiger partial charge is 0.407 e. The number of alkyl halides is 2. The molecule has 350 valence electrons. The number of nitrogens with two attached hydrogens (primary N) is 1. The van der Waals surface area contributed by atoms with Gasteiger partial charge in [-0.3, -0.25) is 14.6 Å². The minimum atomic E-state index is -3.25. The summed E-state index contributed by atoms with van der Waals surface area (Å²) in [7, 11) is 1.36. The monoisotopic (exact) mass is 909 g/mol. The van der Waals surface area contributed by atoms with E-state index >= 15 is 8.78 Å². The highest BCUT2D eigenvalue weighted by atomic mass is 19.3. The van der Waals surface area contributed by atoms with Crippen LogP contribution in [0.5, 0.6) is 0 Å². The van der Waals surface area contributed by atoms with E-state index < -0.39 is 12.0 Å². The summed E-state index contributed by atoms with van der Waals surface area (Å²) in [5.41, 5.74) is 6.20. The highest BCUT2D eigenvalue weighted by Gasteiger charge is 2.45. The van der Waals surface area contributed by atoms with Gasteiger partial charge in [0.25, 0.3) is 5.92 Å². The SMILES string of the molecule is CCN(CC)C(C(=O)N1CCC[C@H]1c1ncc(-c2ccc(-c3ccc4c(c3)C(F)(F)c3cc(-c5cnc([C@@H]6CCCN6C(C)C(NC(=O)OC)C(C)C)n5N)ccc3-4)cc2)[nH]1)c1ccccc1. The number of hydrogen-bond acceptors (Lipinski definition) is 8. The Balaban J connectivity index is 0.912. The van der Waals surface area contributed by atoms with Crippen LogP contribution in [0, 0.1) is 5.92 Å². The van der Waals surface area contributed by atoms with Gasteiger partial charge in [-0.15, -0.1) is 0 Å². The standard InChI is InChI=1S/C53H61F2N9O3/c1-7-61(8-2)48(36-14-10-9-11-15-36)51(65)63-27-12-16-44(63)49-57-30-43(59-49)35-20-18-34(19-21-35)37-22-24-39-40-25-23-38(29-42(40)53(54,55)41(39)28-37)46-31-58-50(64(46)56)45-17-13-26-62(45)33(5)47(32(3)4)60-52(66)67-6/h9-11,14-15,18-25,28-33,44-45,47-48H,7-8,12-13,16-17,26-27,56H2,1-6H3,(H,57,59)(H,60,66)/t33?,44-,45-,47?,48?/m0/s1. The summed E-state index contributed by atoms with van der Waals surface area (Å²) in [6, 6.07) is 27.4. The molecule has 0 spiro atoms. The number of rotatable bonds is 14. The van der Waals surface area contributed by atoms with Crippen molar-refractivity contribution in [2.45, 2.75) is 96.4 Å². The molecule has 0 saturated carbocycles. The number of likely N-dealkylation sites (N-methyl/N-ethyl adjacent to an activating group) is 1. The normalized spacial score (nSPS) is 19.1. The fraction of sp³-hybridized carbons (Fsp3) is 0.396. The second-order valence-electron chi connectivity index (χ2n) is 18.5. The zero-order chi connectivity index (χ0) is 47.1. The summed E-state index contributed by atoms with van der Waals surface area (Å²) in [6.07, 6.45) is 6.47. The van der Waals surface area contributed by atoms with Crippen molar-refractivity contribution in [3.05, 3.63) is 132 Å². The number of hydrogen-bond donors (Lipinski definition) is 3. The molecule has 2 saturated heterocycles. The molecule has 2 amide bonds. The third kappa shape index (κ3) is 8.39. The molecule has 0 bridgehead atoms. The van der Waals surface area contributed by atoms with Crippen LogP contribution in [0.15, 0.2) is 103 Å². The maximum absolute atomic E-state index is 16.6. The van der Waals surface area contributed by atoms with E-state index in [0.29, 0.717) is 40.3 Å². The van der Waals surface area contributed by atoms with E-state index in [1.165, 1.54) is 11.8 Å². The zero-order valence-electron chi connectivity index (χ0n) is 39.2. The maximum atomic E-state index is 16.6. The van der Waals surface area contributed by atoms with Gasteiger partial charge in [-0.05, 0) is 104 Å². The third-order valence-corrected chi connectivity index (χ3v) is 14.5. The van der Waals surface area contributed by atoms with Crippen molar-refractivity contribution in [1.82, 2.24) is 39.6 Å². The number of ether oxygens (including phenoxy) is 1. The molecular weight excluding hydrogens is 849 g/mol. The number of imidazole rings is 2. The van der Waals surface area contributed by atoms with Crippen molar-refractivity contribution in [3.8, 4) is 44.8 Å². The molecule has 0 radical (unpaired) electrons. The Kier molecular flexibility index (Phi) is 12.8. The molecule has 4 heterocycles. The minimum absolute atomic E-state index is 0.0385. The molecule has 4 aromatic carbocycles. The first-order chi connectivity index (χ1) is 32.3. The highest BCUT2D eigenvalue weighted by molar-refractivity contribution is 5.85. The van der Waals surface area contributed by atoms with Gasteiger partial charge in [-0.2, -0.15) is 8.78 Å². The number of amides is 2. The lowest BCUT2D eigenvalue weighted by Crippen LogP contribution is -2.52. The van der Waals surface area contributed by atoms with Crippen molar-refractivity contribution >= 4 is 12.0 Å². The molecule has 2 aliphatic heterocycles. The Morgan fingerprint density at radius 2 is 1.46 bits per heavy atom. The molecular formula is C53H61F2N9O3. The first-order valence-corrected chi connectivity index (χ1v) is 23.7. The van der Waals surface area contributed by atoms with Crippen LogP contribution in [0.25, 0.3) is 44.8 Å². The number of nitrogens with zero attached hydrogens (tertiary/aromatic N) is 6. The number of alkyl carbamates (subject to hydrolysis) is 1. The topological polar surface area (TPSA) is 138 Å². The van der Waals surface area contributed by atoms with Crippen molar-refractivity contribution in [2.24, 2.45) is 5.92 Å². The molecule has 12 nitrogen and oxygen atoms in total. The van der Waals surface area contributed by atoms with E-state index in [1.54, 1.807) is 30.5 Å². The summed E-state index contributed by atoms with van der Waals surface area (Å²) >= 11 is 0. The molecule has 5 atom stereocenters. The quantitative estimate of drug-likeness (QED) is 0.0919. The van der Waals surface area contributed by atoms with Crippen molar-refractivity contribution < 1.29 is 23.1 Å². The van der Waals surface area contributed by atoms with E-state index in [9.17, 15) is 9.59 Å². The molecule has 67 heavy (non-hydrogen) atoms. The number of halogens is 2. The van der Waals surface area contributed by atoms with Gasteiger partial charge in [-0.25, -0.2) is 19.4 Å². The van der Waals surface area contributed by atoms with Crippen LogP contribution in [0.3, 0.4) is 0 Å². The Labute approximate surface area is 391 Å². The van der Waals surface area contributed by atoms with E-state index in [1.807, 2.05) is 77.8 Å². The fourth-order valence-electron chi connectivity index (χ4n) is 10.9. The van der Waals surface area contributed by atoms with Crippen molar-refractivity contribution in [1.29, 1.82) is 0 Å². The number of nitrogen functional groups attached to an aromatic ring is 1. The second kappa shape index (κ2) is 18.7. The Morgan fingerprint density at radius 1 is 0.836 bits per heavy atom. The maximum Gasteiger partial charge on any atom is 0.407 e. The lowest BCUT2D eigenvalue weighted by atomic mass is 9.96. The van der Waals surface area contributed by atoms with Crippen molar-refractivity contribution in [2.75, 3.05) is 39.1 Å². The number of aromatic amines is 1. The fourth-order valence-corrected chi connectivity index (χ4v) is 10.9. The van der Waals surface area contributed by atoms with Gasteiger partial charge in [0, 0.05) is 35.3 Å². The van der Waals surface area contributed by atoms with Gasteiger partial charge in [0.05, 0.1) is 43.0 Å². The lowest BCUT2D eigenvalue weighted by molar-refractivity contribution is -0.138. The van der Waals surface area contributed by atoms with E-state index in [-0.39, 0.29) is 53.2 Å². The summed E-state index contributed by atoms with van der Waals surface area (Å²) in [4.78, 5) is 46.1. The van der Waals surface area contributed by atoms with Crippen LogP contribution >= 0.6 is 0 Å². The van der Waals surface area contributed by atoms with Crippen LogP contribution in [-0.2, 0) is 15.5 Å². The van der Waals surface area contributed by atoms with Crippen LogP contribution in [0.2, 0.25) is 0 Å². The molecule has 4 N–H and O–H groups in total. The number of fused-ring (bicyclic) bond motifs is 3. The highest BCUT2D eigenvalue weighted by Crippen LogP contribution is 2.53. The van der Waals surface area contributed by atoms with E-state index in [4.69, 9.17) is 20.5 Å². The molecule has 3 aliphatic rings. The van der Waals surface area contributed by atoms with Crippen LogP contribution in [0.1, 0.15) is 107 Å².